The van der Waals surface area contributed by atoms with E-state index in [0.717, 1.165) is 18.3 Å². The van der Waals surface area contributed by atoms with Crippen molar-refractivity contribution in [3.8, 4) is 5.75 Å². The van der Waals surface area contributed by atoms with Gasteiger partial charge in [0.25, 0.3) is 0 Å². The highest BCUT2D eigenvalue weighted by Crippen LogP contribution is 2.33. The number of hydrogen-bond donors (Lipinski definition) is 1. The zero-order valence-electron chi connectivity index (χ0n) is 11.2. The Morgan fingerprint density at radius 1 is 1.17 bits per heavy atom. The summed E-state index contributed by atoms with van der Waals surface area (Å²) < 4.78 is 5.74. The second kappa shape index (κ2) is 5.31. The molecule has 2 nitrogen and oxygen atoms in total. The Labute approximate surface area is 110 Å². The fourth-order valence-electron chi connectivity index (χ4n) is 3.39. The van der Waals surface area contributed by atoms with Gasteiger partial charge in [0, 0.05) is 11.6 Å². The molecule has 98 valence electrons. The Bertz CT molecular complexity index is 398. The molecule has 2 atom stereocenters. The molecule has 2 aliphatic rings. The van der Waals surface area contributed by atoms with Crippen molar-refractivity contribution in [1.29, 1.82) is 0 Å². The Morgan fingerprint density at radius 3 is 2.78 bits per heavy atom. The van der Waals surface area contributed by atoms with Gasteiger partial charge in [0.15, 0.2) is 0 Å². The van der Waals surface area contributed by atoms with Crippen LogP contribution in [0.2, 0.25) is 0 Å². The molecule has 0 bridgehead atoms. The SMILES string of the molecule is CC(NC1COc2ccccc21)C1CCCCC1. The third kappa shape index (κ3) is 2.39. The van der Waals surface area contributed by atoms with Crippen molar-refractivity contribution in [1.82, 2.24) is 5.32 Å². The summed E-state index contributed by atoms with van der Waals surface area (Å²) in [7, 11) is 0. The summed E-state index contributed by atoms with van der Waals surface area (Å²) in [5.41, 5.74) is 1.33. The molecule has 1 aliphatic carbocycles. The number of rotatable bonds is 3. The lowest BCUT2D eigenvalue weighted by molar-refractivity contribution is 0.241. The van der Waals surface area contributed by atoms with Gasteiger partial charge in [-0.3, -0.25) is 0 Å². The van der Waals surface area contributed by atoms with Gasteiger partial charge in [0.1, 0.15) is 12.4 Å². The maximum absolute atomic E-state index is 5.74. The van der Waals surface area contributed by atoms with Crippen LogP contribution in [0.25, 0.3) is 0 Å². The highest BCUT2D eigenvalue weighted by Gasteiger charge is 2.27. The van der Waals surface area contributed by atoms with Crippen LogP contribution in [0.3, 0.4) is 0 Å². The van der Waals surface area contributed by atoms with Gasteiger partial charge in [-0.15, -0.1) is 0 Å². The average molecular weight is 245 g/mol. The zero-order valence-corrected chi connectivity index (χ0v) is 11.2. The molecule has 1 aromatic rings. The molecule has 1 fully saturated rings. The van der Waals surface area contributed by atoms with E-state index in [-0.39, 0.29) is 0 Å². The Kier molecular flexibility index (Phi) is 3.55. The Balaban J connectivity index is 1.63. The van der Waals surface area contributed by atoms with E-state index >= 15 is 0 Å². The van der Waals surface area contributed by atoms with E-state index in [1.807, 2.05) is 6.07 Å². The molecule has 18 heavy (non-hydrogen) atoms. The molecule has 0 spiro atoms. The first-order valence-corrected chi connectivity index (χ1v) is 7.32. The van der Waals surface area contributed by atoms with Gasteiger partial charge in [0.05, 0.1) is 6.04 Å². The van der Waals surface area contributed by atoms with E-state index in [0.29, 0.717) is 12.1 Å². The van der Waals surface area contributed by atoms with Crippen LogP contribution in [0.1, 0.15) is 50.6 Å². The first kappa shape index (κ1) is 12.0. The number of nitrogens with one attached hydrogen (secondary N) is 1. The number of ether oxygens (including phenoxy) is 1. The average Bonchev–Trinajstić information content (AvgIpc) is 2.83. The summed E-state index contributed by atoms with van der Waals surface area (Å²) in [5, 5.41) is 3.78. The van der Waals surface area contributed by atoms with Crippen molar-refractivity contribution < 1.29 is 4.74 Å². The second-order valence-electron chi connectivity index (χ2n) is 5.75. The zero-order chi connectivity index (χ0) is 12.4. The van der Waals surface area contributed by atoms with Crippen molar-refractivity contribution >= 4 is 0 Å². The summed E-state index contributed by atoms with van der Waals surface area (Å²) in [5.74, 6) is 1.91. The number of hydrogen-bond acceptors (Lipinski definition) is 2. The number of para-hydroxylation sites is 1. The molecular formula is C16H23NO. The summed E-state index contributed by atoms with van der Waals surface area (Å²) in [6.07, 6.45) is 7.04. The van der Waals surface area contributed by atoms with Crippen molar-refractivity contribution in [3.05, 3.63) is 29.8 Å². The van der Waals surface area contributed by atoms with Crippen LogP contribution in [0.5, 0.6) is 5.75 Å². The van der Waals surface area contributed by atoms with Crippen molar-refractivity contribution in [2.24, 2.45) is 5.92 Å². The summed E-state index contributed by atoms with van der Waals surface area (Å²) in [6, 6.07) is 9.40. The van der Waals surface area contributed by atoms with Gasteiger partial charge in [0.2, 0.25) is 0 Å². The molecule has 0 saturated heterocycles. The predicted octanol–water partition coefficient (Wildman–Crippen LogP) is 3.68. The monoisotopic (exact) mass is 245 g/mol. The molecule has 1 saturated carbocycles. The van der Waals surface area contributed by atoms with E-state index in [9.17, 15) is 0 Å². The minimum atomic E-state index is 0.387. The van der Waals surface area contributed by atoms with E-state index in [4.69, 9.17) is 4.74 Å². The molecule has 1 aliphatic heterocycles. The molecule has 2 heteroatoms. The van der Waals surface area contributed by atoms with Gasteiger partial charge in [-0.25, -0.2) is 0 Å². The van der Waals surface area contributed by atoms with Crippen LogP contribution in [0, 0.1) is 5.92 Å². The first-order valence-electron chi connectivity index (χ1n) is 7.32. The van der Waals surface area contributed by atoms with E-state index < -0.39 is 0 Å². The van der Waals surface area contributed by atoms with Crippen molar-refractivity contribution in [2.75, 3.05) is 6.61 Å². The van der Waals surface area contributed by atoms with Gasteiger partial charge >= 0.3 is 0 Å². The van der Waals surface area contributed by atoms with E-state index in [1.54, 1.807) is 0 Å². The van der Waals surface area contributed by atoms with Gasteiger partial charge < -0.3 is 10.1 Å². The third-order valence-corrected chi connectivity index (χ3v) is 4.52. The lowest BCUT2D eigenvalue weighted by Crippen LogP contribution is -2.37. The lowest BCUT2D eigenvalue weighted by Gasteiger charge is -2.30. The Hall–Kier alpha value is -1.02. The minimum Gasteiger partial charge on any atom is -0.491 e. The summed E-state index contributed by atoms with van der Waals surface area (Å²) in [6.45, 7) is 3.13. The molecule has 3 rings (SSSR count). The van der Waals surface area contributed by atoms with Gasteiger partial charge in [-0.05, 0) is 31.7 Å². The standard InChI is InChI=1S/C16H23NO/c1-12(13-7-3-2-4-8-13)17-15-11-18-16-10-6-5-9-14(15)16/h5-6,9-10,12-13,15,17H,2-4,7-8,11H2,1H3. The predicted molar refractivity (Wildman–Crippen MR) is 73.9 cm³/mol. The smallest absolute Gasteiger partial charge is 0.124 e. The molecule has 0 radical (unpaired) electrons. The molecule has 0 amide bonds. The maximum Gasteiger partial charge on any atom is 0.124 e. The van der Waals surface area contributed by atoms with Crippen molar-refractivity contribution in [2.45, 2.75) is 51.1 Å². The molecule has 1 aromatic carbocycles. The van der Waals surface area contributed by atoms with Crippen LogP contribution < -0.4 is 10.1 Å². The fourth-order valence-corrected chi connectivity index (χ4v) is 3.39. The largest absolute Gasteiger partial charge is 0.491 e. The number of fused-ring (bicyclic) bond motifs is 1. The first-order chi connectivity index (χ1) is 8.84. The van der Waals surface area contributed by atoms with Gasteiger partial charge in [-0.1, -0.05) is 37.5 Å². The highest BCUT2D eigenvalue weighted by molar-refractivity contribution is 5.39. The number of benzene rings is 1. The highest BCUT2D eigenvalue weighted by atomic mass is 16.5. The molecular weight excluding hydrogens is 222 g/mol. The van der Waals surface area contributed by atoms with Crippen LogP contribution in [0.15, 0.2) is 24.3 Å². The lowest BCUT2D eigenvalue weighted by atomic mass is 9.84. The normalized spacial score (nSPS) is 25.5. The quantitative estimate of drug-likeness (QED) is 0.877. The maximum atomic E-state index is 5.74. The summed E-state index contributed by atoms with van der Waals surface area (Å²) >= 11 is 0. The van der Waals surface area contributed by atoms with E-state index in [1.165, 1.54) is 37.7 Å². The van der Waals surface area contributed by atoms with Crippen LogP contribution >= 0.6 is 0 Å². The second-order valence-corrected chi connectivity index (χ2v) is 5.75. The van der Waals surface area contributed by atoms with Crippen LogP contribution in [0.4, 0.5) is 0 Å². The van der Waals surface area contributed by atoms with Crippen LogP contribution in [-0.4, -0.2) is 12.6 Å². The fraction of sp³-hybridized carbons (Fsp3) is 0.625. The molecule has 1 N–H and O–H groups in total. The van der Waals surface area contributed by atoms with Gasteiger partial charge in [-0.2, -0.15) is 0 Å². The van der Waals surface area contributed by atoms with E-state index in [2.05, 4.69) is 30.4 Å². The molecule has 0 aromatic heterocycles. The Morgan fingerprint density at radius 2 is 1.94 bits per heavy atom. The van der Waals surface area contributed by atoms with Crippen LogP contribution in [-0.2, 0) is 0 Å². The minimum absolute atomic E-state index is 0.387. The molecule has 2 unspecified atom stereocenters. The topological polar surface area (TPSA) is 21.3 Å². The summed E-state index contributed by atoms with van der Waals surface area (Å²) in [4.78, 5) is 0. The molecule has 1 heterocycles. The van der Waals surface area contributed by atoms with Crippen molar-refractivity contribution in [3.63, 3.8) is 0 Å². The third-order valence-electron chi connectivity index (χ3n) is 4.52.